The summed E-state index contributed by atoms with van der Waals surface area (Å²) in [5, 5.41) is 0. The minimum Gasteiger partial charge on any atom is -0.383 e. The van der Waals surface area contributed by atoms with Crippen molar-refractivity contribution in [3.05, 3.63) is 24.0 Å². The van der Waals surface area contributed by atoms with Crippen LogP contribution in [0, 0.1) is 0 Å². The van der Waals surface area contributed by atoms with E-state index in [0.717, 1.165) is 18.5 Å². The number of aromatic nitrogens is 1. The Morgan fingerprint density at radius 1 is 1.53 bits per heavy atom. The van der Waals surface area contributed by atoms with Crippen LogP contribution in [-0.4, -0.2) is 31.3 Å². The molecule has 0 fully saturated rings. The average Bonchev–Trinajstić information content (AvgIpc) is 2.39. The Morgan fingerprint density at radius 3 is 2.88 bits per heavy atom. The Morgan fingerprint density at radius 2 is 2.29 bits per heavy atom. The Kier molecular flexibility index (Phi) is 6.30. The smallest absolute Gasteiger partial charge is 0.0637 e. The van der Waals surface area contributed by atoms with Gasteiger partial charge in [0, 0.05) is 43.3 Å². The van der Waals surface area contributed by atoms with Gasteiger partial charge in [0.1, 0.15) is 0 Å². The Balaban J connectivity index is 2.94. The fraction of sp³-hybridized carbons (Fsp3) is 0.615. The second-order valence-electron chi connectivity index (χ2n) is 4.08. The summed E-state index contributed by atoms with van der Waals surface area (Å²) in [6.45, 7) is 5.99. The Hall–Kier alpha value is -0.800. The second kappa shape index (κ2) is 7.51. The highest BCUT2D eigenvalue weighted by atomic mass is 35.5. The summed E-state index contributed by atoms with van der Waals surface area (Å²) in [6.07, 6.45) is 4.74. The monoisotopic (exact) mass is 256 g/mol. The molecular formula is C13H21ClN2O. The van der Waals surface area contributed by atoms with Gasteiger partial charge in [0.15, 0.2) is 0 Å². The summed E-state index contributed by atoms with van der Waals surface area (Å²) in [7, 11) is 1.73. The van der Waals surface area contributed by atoms with Crippen LogP contribution in [0.3, 0.4) is 0 Å². The minimum absolute atomic E-state index is 0.467. The fourth-order valence-electron chi connectivity index (χ4n) is 1.79. The molecule has 1 unspecified atom stereocenters. The number of alkyl halides is 1. The molecule has 4 heteroatoms. The second-order valence-corrected chi connectivity index (χ2v) is 4.35. The molecule has 1 aromatic rings. The van der Waals surface area contributed by atoms with Crippen LogP contribution in [0.25, 0.3) is 0 Å². The molecule has 1 atom stereocenters. The molecule has 0 N–H and O–H groups in total. The van der Waals surface area contributed by atoms with Crippen LogP contribution in [0.1, 0.15) is 25.8 Å². The highest BCUT2D eigenvalue weighted by molar-refractivity contribution is 6.17. The first-order valence-electron chi connectivity index (χ1n) is 5.99. The third-order valence-corrected chi connectivity index (χ3v) is 3.28. The highest BCUT2D eigenvalue weighted by Gasteiger charge is 2.15. The number of methoxy groups -OCH3 is 1. The molecule has 0 aromatic carbocycles. The van der Waals surface area contributed by atoms with Crippen molar-refractivity contribution in [2.75, 3.05) is 25.2 Å². The maximum Gasteiger partial charge on any atom is 0.0637 e. The number of hydrogen-bond donors (Lipinski definition) is 0. The molecule has 0 saturated carbocycles. The lowest BCUT2D eigenvalue weighted by Crippen LogP contribution is -2.36. The molecule has 0 spiro atoms. The van der Waals surface area contributed by atoms with Crippen molar-refractivity contribution < 1.29 is 4.74 Å². The van der Waals surface area contributed by atoms with Gasteiger partial charge in [-0.1, -0.05) is 6.92 Å². The molecule has 0 saturated heterocycles. The van der Waals surface area contributed by atoms with Gasteiger partial charge in [-0.2, -0.15) is 0 Å². The Labute approximate surface area is 109 Å². The van der Waals surface area contributed by atoms with Gasteiger partial charge in [-0.3, -0.25) is 4.98 Å². The maximum atomic E-state index is 5.96. The maximum absolute atomic E-state index is 5.96. The van der Waals surface area contributed by atoms with Crippen molar-refractivity contribution >= 4 is 17.3 Å². The zero-order chi connectivity index (χ0) is 12.7. The van der Waals surface area contributed by atoms with Gasteiger partial charge in [-0.25, -0.2) is 0 Å². The molecule has 0 aliphatic carbocycles. The van der Waals surface area contributed by atoms with Crippen LogP contribution in [0.2, 0.25) is 0 Å². The largest absolute Gasteiger partial charge is 0.383 e. The van der Waals surface area contributed by atoms with E-state index < -0.39 is 0 Å². The molecule has 1 aromatic heterocycles. The lowest BCUT2D eigenvalue weighted by Gasteiger charge is -2.31. The molecule has 96 valence electrons. The summed E-state index contributed by atoms with van der Waals surface area (Å²) in [6, 6.07) is 2.49. The standard InChI is InChI=1S/C13H21ClN2O/c1-4-11(2)16(7-8-17-3)13-5-6-15-10-12(13)9-14/h5-6,10-11H,4,7-9H2,1-3H3. The van der Waals surface area contributed by atoms with Gasteiger partial charge in [0.25, 0.3) is 0 Å². The number of anilines is 1. The normalized spacial score (nSPS) is 12.5. The van der Waals surface area contributed by atoms with Crippen LogP contribution in [0.5, 0.6) is 0 Å². The van der Waals surface area contributed by atoms with Crippen molar-refractivity contribution in [2.45, 2.75) is 32.2 Å². The SMILES string of the molecule is CCC(C)N(CCOC)c1ccncc1CCl. The third kappa shape index (κ3) is 3.86. The summed E-state index contributed by atoms with van der Waals surface area (Å²) < 4.78 is 5.17. The van der Waals surface area contributed by atoms with Crippen LogP contribution in [0.15, 0.2) is 18.5 Å². The predicted octanol–water partition coefficient (Wildman–Crippen LogP) is 3.07. The van der Waals surface area contributed by atoms with Crippen LogP contribution in [0.4, 0.5) is 5.69 Å². The third-order valence-electron chi connectivity index (χ3n) is 2.99. The van der Waals surface area contributed by atoms with Crippen molar-refractivity contribution in [1.29, 1.82) is 0 Å². The molecule has 0 aliphatic rings. The molecule has 1 rings (SSSR count). The zero-order valence-electron chi connectivity index (χ0n) is 10.8. The van der Waals surface area contributed by atoms with Crippen LogP contribution in [-0.2, 0) is 10.6 Å². The number of pyridine rings is 1. The number of rotatable bonds is 7. The summed E-state index contributed by atoms with van der Waals surface area (Å²) >= 11 is 5.96. The van der Waals surface area contributed by atoms with Gasteiger partial charge < -0.3 is 9.64 Å². The van der Waals surface area contributed by atoms with Gasteiger partial charge in [0.2, 0.25) is 0 Å². The zero-order valence-corrected chi connectivity index (χ0v) is 11.6. The van der Waals surface area contributed by atoms with Crippen molar-refractivity contribution in [3.8, 4) is 0 Å². The quantitative estimate of drug-likeness (QED) is 0.701. The summed E-state index contributed by atoms with van der Waals surface area (Å²) in [5.74, 6) is 0.489. The molecule has 17 heavy (non-hydrogen) atoms. The fourth-order valence-corrected chi connectivity index (χ4v) is 2.00. The first-order valence-corrected chi connectivity index (χ1v) is 6.52. The van der Waals surface area contributed by atoms with E-state index >= 15 is 0 Å². The van der Waals surface area contributed by atoms with Crippen LogP contribution >= 0.6 is 11.6 Å². The van der Waals surface area contributed by atoms with E-state index in [2.05, 4.69) is 23.7 Å². The molecule has 0 radical (unpaired) electrons. The van der Waals surface area contributed by atoms with Gasteiger partial charge in [0.05, 0.1) is 12.5 Å². The first-order chi connectivity index (χ1) is 8.24. The van der Waals surface area contributed by atoms with E-state index in [1.54, 1.807) is 7.11 Å². The summed E-state index contributed by atoms with van der Waals surface area (Å²) in [4.78, 5) is 6.46. The molecule has 1 heterocycles. The van der Waals surface area contributed by atoms with Gasteiger partial charge in [-0.05, 0) is 19.4 Å². The van der Waals surface area contributed by atoms with E-state index in [0.29, 0.717) is 18.5 Å². The van der Waals surface area contributed by atoms with E-state index in [1.807, 2.05) is 18.5 Å². The van der Waals surface area contributed by atoms with E-state index in [1.165, 1.54) is 5.69 Å². The molecule has 0 bridgehead atoms. The van der Waals surface area contributed by atoms with E-state index in [9.17, 15) is 0 Å². The number of nitrogens with zero attached hydrogens (tertiary/aromatic N) is 2. The first kappa shape index (κ1) is 14.3. The van der Waals surface area contributed by atoms with Crippen LogP contribution < -0.4 is 4.90 Å². The van der Waals surface area contributed by atoms with Gasteiger partial charge in [-0.15, -0.1) is 11.6 Å². The minimum atomic E-state index is 0.467. The van der Waals surface area contributed by atoms with E-state index in [-0.39, 0.29) is 0 Å². The molecule has 0 aliphatic heterocycles. The Bertz CT molecular complexity index is 333. The van der Waals surface area contributed by atoms with Gasteiger partial charge >= 0.3 is 0 Å². The van der Waals surface area contributed by atoms with Crippen molar-refractivity contribution in [1.82, 2.24) is 4.98 Å². The number of hydrogen-bond acceptors (Lipinski definition) is 3. The number of ether oxygens (including phenoxy) is 1. The lowest BCUT2D eigenvalue weighted by atomic mass is 10.1. The lowest BCUT2D eigenvalue weighted by molar-refractivity contribution is 0.203. The topological polar surface area (TPSA) is 25.4 Å². The average molecular weight is 257 g/mol. The molecular weight excluding hydrogens is 236 g/mol. The number of halogens is 1. The highest BCUT2D eigenvalue weighted by Crippen LogP contribution is 2.23. The van der Waals surface area contributed by atoms with E-state index in [4.69, 9.17) is 16.3 Å². The molecule has 3 nitrogen and oxygen atoms in total. The van der Waals surface area contributed by atoms with Crippen molar-refractivity contribution in [3.63, 3.8) is 0 Å². The predicted molar refractivity (Wildman–Crippen MR) is 72.8 cm³/mol. The molecule has 0 amide bonds. The summed E-state index contributed by atoms with van der Waals surface area (Å²) in [5.41, 5.74) is 2.24. The van der Waals surface area contributed by atoms with Crippen molar-refractivity contribution in [2.24, 2.45) is 0 Å².